The van der Waals surface area contributed by atoms with Gasteiger partial charge in [-0.1, -0.05) is 32.0 Å². The molecular formula is C12H16O3. The Hall–Kier alpha value is -1.51. The Kier molecular flexibility index (Phi) is 3.72. The van der Waals surface area contributed by atoms with Crippen LogP contribution in [0.15, 0.2) is 24.3 Å². The number of carboxylic acid groups (broad SMARTS) is 1. The largest absolute Gasteiger partial charge is 0.508 e. The van der Waals surface area contributed by atoms with Crippen molar-refractivity contribution in [3.63, 3.8) is 0 Å². The first-order chi connectivity index (χ1) is 7.02. The number of aliphatic carboxylic acids is 1. The van der Waals surface area contributed by atoms with Crippen LogP contribution in [0.2, 0.25) is 0 Å². The number of hydrogen-bond donors (Lipinski definition) is 2. The Morgan fingerprint density at radius 2 is 1.93 bits per heavy atom. The molecule has 1 rings (SSSR count). The Morgan fingerprint density at radius 1 is 1.33 bits per heavy atom. The minimum absolute atomic E-state index is 0.01000. The van der Waals surface area contributed by atoms with Crippen LogP contribution in [0.1, 0.15) is 19.4 Å². The number of carbonyl (C=O) groups is 1. The first-order valence-corrected chi connectivity index (χ1v) is 5.02. The summed E-state index contributed by atoms with van der Waals surface area (Å²) in [6.07, 6.45) is 0.583. The molecule has 2 unspecified atom stereocenters. The predicted molar refractivity (Wildman–Crippen MR) is 57.8 cm³/mol. The van der Waals surface area contributed by atoms with E-state index < -0.39 is 11.9 Å². The normalized spacial score (nSPS) is 14.5. The highest BCUT2D eigenvalue weighted by Gasteiger charge is 2.20. The van der Waals surface area contributed by atoms with Crippen LogP contribution in [-0.2, 0) is 11.2 Å². The summed E-state index contributed by atoms with van der Waals surface area (Å²) in [6.45, 7) is 3.57. The van der Waals surface area contributed by atoms with Crippen molar-refractivity contribution in [3.05, 3.63) is 29.8 Å². The molecule has 0 aliphatic heterocycles. The molecule has 2 atom stereocenters. The molecule has 0 aliphatic rings. The average molecular weight is 208 g/mol. The van der Waals surface area contributed by atoms with E-state index in [1.54, 1.807) is 19.1 Å². The third-order valence-electron chi connectivity index (χ3n) is 2.78. The predicted octanol–water partition coefficient (Wildman–Crippen LogP) is 2.29. The van der Waals surface area contributed by atoms with Gasteiger partial charge < -0.3 is 10.2 Å². The summed E-state index contributed by atoms with van der Waals surface area (Å²) in [6, 6.07) is 7.03. The van der Waals surface area contributed by atoms with E-state index in [9.17, 15) is 9.90 Å². The van der Waals surface area contributed by atoms with Crippen molar-refractivity contribution in [2.75, 3.05) is 0 Å². The van der Waals surface area contributed by atoms with Crippen molar-refractivity contribution in [1.82, 2.24) is 0 Å². The van der Waals surface area contributed by atoms with Crippen molar-refractivity contribution >= 4 is 5.97 Å². The second kappa shape index (κ2) is 4.82. The van der Waals surface area contributed by atoms with Crippen LogP contribution < -0.4 is 0 Å². The van der Waals surface area contributed by atoms with Crippen molar-refractivity contribution in [1.29, 1.82) is 0 Å². The van der Waals surface area contributed by atoms with Crippen LogP contribution in [0.25, 0.3) is 0 Å². The summed E-state index contributed by atoms with van der Waals surface area (Å²) >= 11 is 0. The SMILES string of the molecule is CC(Cc1ccccc1O)C(C)C(=O)O. The molecule has 0 aromatic heterocycles. The van der Waals surface area contributed by atoms with Crippen LogP contribution in [-0.4, -0.2) is 16.2 Å². The monoisotopic (exact) mass is 208 g/mol. The Bertz CT molecular complexity index is 346. The van der Waals surface area contributed by atoms with Gasteiger partial charge in [-0.25, -0.2) is 0 Å². The lowest BCUT2D eigenvalue weighted by Gasteiger charge is -2.16. The van der Waals surface area contributed by atoms with E-state index in [0.717, 1.165) is 5.56 Å². The number of rotatable bonds is 4. The maximum atomic E-state index is 10.8. The van der Waals surface area contributed by atoms with Gasteiger partial charge in [0.1, 0.15) is 5.75 Å². The topological polar surface area (TPSA) is 57.5 Å². The van der Waals surface area contributed by atoms with Crippen LogP contribution >= 0.6 is 0 Å². The van der Waals surface area contributed by atoms with E-state index in [0.29, 0.717) is 6.42 Å². The molecule has 0 bridgehead atoms. The number of benzene rings is 1. The lowest BCUT2D eigenvalue weighted by atomic mass is 9.89. The Labute approximate surface area is 89.4 Å². The number of hydrogen-bond acceptors (Lipinski definition) is 2. The Morgan fingerprint density at radius 3 is 2.47 bits per heavy atom. The zero-order valence-electron chi connectivity index (χ0n) is 8.97. The zero-order valence-corrected chi connectivity index (χ0v) is 8.97. The molecule has 0 radical (unpaired) electrons. The molecule has 0 amide bonds. The second-order valence-electron chi connectivity index (χ2n) is 3.94. The molecular weight excluding hydrogens is 192 g/mol. The fraction of sp³-hybridized carbons (Fsp3) is 0.417. The molecule has 0 heterocycles. The van der Waals surface area contributed by atoms with Gasteiger partial charge in [-0.2, -0.15) is 0 Å². The fourth-order valence-corrected chi connectivity index (χ4v) is 1.45. The minimum Gasteiger partial charge on any atom is -0.508 e. The number of para-hydroxylation sites is 1. The minimum atomic E-state index is -0.794. The van der Waals surface area contributed by atoms with Crippen molar-refractivity contribution in [3.8, 4) is 5.75 Å². The van der Waals surface area contributed by atoms with Crippen molar-refractivity contribution in [2.24, 2.45) is 11.8 Å². The molecule has 1 aromatic carbocycles. The van der Waals surface area contributed by atoms with Crippen molar-refractivity contribution < 1.29 is 15.0 Å². The molecule has 0 spiro atoms. The van der Waals surface area contributed by atoms with Gasteiger partial charge in [-0.3, -0.25) is 4.79 Å². The van der Waals surface area contributed by atoms with Gasteiger partial charge in [0.05, 0.1) is 5.92 Å². The average Bonchev–Trinajstić information content (AvgIpc) is 2.20. The first kappa shape index (κ1) is 11.6. The van der Waals surface area contributed by atoms with Crippen LogP contribution in [0.5, 0.6) is 5.75 Å². The number of aromatic hydroxyl groups is 1. The smallest absolute Gasteiger partial charge is 0.306 e. The molecule has 0 fully saturated rings. The van der Waals surface area contributed by atoms with E-state index in [-0.39, 0.29) is 11.7 Å². The number of phenolic OH excluding ortho intramolecular Hbond substituents is 1. The Balaban J connectivity index is 2.70. The van der Waals surface area contributed by atoms with E-state index in [1.807, 2.05) is 19.1 Å². The highest BCUT2D eigenvalue weighted by atomic mass is 16.4. The number of carboxylic acids is 1. The first-order valence-electron chi connectivity index (χ1n) is 5.02. The van der Waals surface area contributed by atoms with Gasteiger partial charge in [0, 0.05) is 0 Å². The molecule has 15 heavy (non-hydrogen) atoms. The summed E-state index contributed by atoms with van der Waals surface area (Å²) in [7, 11) is 0. The summed E-state index contributed by atoms with van der Waals surface area (Å²) in [5.74, 6) is -0.944. The van der Waals surface area contributed by atoms with E-state index in [2.05, 4.69) is 0 Å². The highest BCUT2D eigenvalue weighted by Crippen LogP contribution is 2.23. The molecule has 0 saturated carbocycles. The highest BCUT2D eigenvalue weighted by molar-refractivity contribution is 5.69. The molecule has 0 saturated heterocycles. The van der Waals surface area contributed by atoms with Gasteiger partial charge in [-0.15, -0.1) is 0 Å². The van der Waals surface area contributed by atoms with Crippen LogP contribution in [0.3, 0.4) is 0 Å². The van der Waals surface area contributed by atoms with Crippen LogP contribution in [0, 0.1) is 11.8 Å². The summed E-state index contributed by atoms with van der Waals surface area (Å²) in [5, 5.41) is 18.4. The van der Waals surface area contributed by atoms with Gasteiger partial charge in [0.25, 0.3) is 0 Å². The van der Waals surface area contributed by atoms with Gasteiger partial charge >= 0.3 is 5.97 Å². The zero-order chi connectivity index (χ0) is 11.4. The molecule has 2 N–H and O–H groups in total. The molecule has 0 aliphatic carbocycles. The van der Waals surface area contributed by atoms with Gasteiger partial charge in [0.2, 0.25) is 0 Å². The quantitative estimate of drug-likeness (QED) is 0.798. The van der Waals surface area contributed by atoms with Crippen molar-refractivity contribution in [2.45, 2.75) is 20.3 Å². The molecule has 3 nitrogen and oxygen atoms in total. The lowest BCUT2D eigenvalue weighted by molar-refractivity contribution is -0.142. The van der Waals surface area contributed by atoms with Gasteiger partial charge in [-0.05, 0) is 24.0 Å². The standard InChI is InChI=1S/C12H16O3/c1-8(9(2)12(14)15)7-10-5-3-4-6-11(10)13/h3-6,8-9,13H,7H2,1-2H3,(H,14,15). The lowest BCUT2D eigenvalue weighted by Crippen LogP contribution is -2.19. The summed E-state index contributed by atoms with van der Waals surface area (Å²) < 4.78 is 0. The van der Waals surface area contributed by atoms with E-state index >= 15 is 0 Å². The second-order valence-corrected chi connectivity index (χ2v) is 3.94. The maximum absolute atomic E-state index is 10.8. The van der Waals surface area contributed by atoms with E-state index in [4.69, 9.17) is 5.11 Å². The number of phenols is 1. The molecule has 3 heteroatoms. The summed E-state index contributed by atoms with van der Waals surface area (Å²) in [5.41, 5.74) is 0.804. The maximum Gasteiger partial charge on any atom is 0.306 e. The molecule has 82 valence electrons. The third-order valence-corrected chi connectivity index (χ3v) is 2.78. The fourth-order valence-electron chi connectivity index (χ4n) is 1.45. The van der Waals surface area contributed by atoms with Gasteiger partial charge in [0.15, 0.2) is 0 Å². The molecule has 1 aromatic rings. The van der Waals surface area contributed by atoms with E-state index in [1.165, 1.54) is 0 Å². The third kappa shape index (κ3) is 2.98. The van der Waals surface area contributed by atoms with Crippen LogP contribution in [0.4, 0.5) is 0 Å². The summed E-state index contributed by atoms with van der Waals surface area (Å²) in [4.78, 5) is 10.8.